The molecule has 0 aliphatic carbocycles. The third-order valence-electron chi connectivity index (χ3n) is 8.67. The molecule has 20 heteroatoms. The Hall–Kier alpha value is -7.16. The van der Waals surface area contributed by atoms with E-state index in [0.29, 0.717) is 23.1 Å². The number of nitrogens with two attached hydrogens (primary N) is 2. The maximum Gasteiger partial charge on any atom is 0.410 e. The SMILES string of the molecule is CC.CC.CN(C)Cc1cccc(N)c1.CN(C)Cc1cccc([N+](=O)[O-])c1.CN(Cc1cccc(N)c1)C(=O)OC(C)(C)C.CN(Cc1cccc([N+](=O)[O-])c1)C(=O)OC(C)(C)C.O=[N+]([O-])c1cccc(CBr)c1. The van der Waals surface area contributed by atoms with Gasteiger partial charge in [0.25, 0.3) is 17.1 Å². The number of nitrogen functional groups attached to an aromatic ring is 2. The minimum absolute atomic E-state index is 0.00934. The summed E-state index contributed by atoms with van der Waals surface area (Å²) in [5.41, 5.74) is 16.9. The number of anilines is 2. The van der Waals surface area contributed by atoms with Crippen LogP contribution in [-0.2, 0) is 41.0 Å². The van der Waals surface area contributed by atoms with Gasteiger partial charge in [-0.05, 0) is 122 Å². The Kier molecular flexibility index (Phi) is 34.2. The van der Waals surface area contributed by atoms with Gasteiger partial charge < -0.3 is 40.5 Å². The highest BCUT2D eigenvalue weighted by Crippen LogP contribution is 2.18. The number of rotatable bonds is 12. The predicted octanol–water partition coefficient (Wildman–Crippen LogP) is 13.1. The van der Waals surface area contributed by atoms with E-state index in [1.54, 1.807) is 71.3 Å². The highest BCUT2D eigenvalue weighted by molar-refractivity contribution is 9.08. The lowest BCUT2D eigenvalue weighted by atomic mass is 10.2. The van der Waals surface area contributed by atoms with Crippen molar-refractivity contribution in [1.82, 2.24) is 19.6 Å². The summed E-state index contributed by atoms with van der Waals surface area (Å²) in [6.07, 6.45) is -0.793. The maximum absolute atomic E-state index is 11.8. The first-order chi connectivity index (χ1) is 35.0. The Morgan fingerprint density at radius 1 is 0.467 bits per heavy atom. The molecule has 0 saturated heterocycles. The smallest absolute Gasteiger partial charge is 0.410 e. The molecule has 0 radical (unpaired) electrons. The summed E-state index contributed by atoms with van der Waals surface area (Å²) in [5, 5.41) is 32.0. The summed E-state index contributed by atoms with van der Waals surface area (Å²) in [7, 11) is 11.2. The van der Waals surface area contributed by atoms with Gasteiger partial charge in [-0.1, -0.05) is 104 Å². The molecular formula is C55H82BrN9O10. The molecule has 75 heavy (non-hydrogen) atoms. The highest BCUT2D eigenvalue weighted by atomic mass is 79.9. The van der Waals surface area contributed by atoms with E-state index in [0.717, 1.165) is 35.5 Å². The number of hydrogen-bond acceptors (Lipinski definition) is 14. The van der Waals surface area contributed by atoms with Gasteiger partial charge in [0.05, 0.1) is 14.8 Å². The van der Waals surface area contributed by atoms with Crippen LogP contribution in [0, 0.1) is 30.3 Å². The number of ether oxygens (including phenoxy) is 2. The van der Waals surface area contributed by atoms with Crippen LogP contribution in [0.1, 0.15) is 97.1 Å². The topological polar surface area (TPSA) is 247 Å². The first-order valence-corrected chi connectivity index (χ1v) is 25.2. The lowest BCUT2D eigenvalue weighted by Crippen LogP contribution is -2.33. The van der Waals surface area contributed by atoms with Crippen LogP contribution in [0.15, 0.2) is 121 Å². The molecule has 0 heterocycles. The standard InChI is InChI=1S/C13H18N2O4.C13H20N2O2.C9H12N2O2.C9H14N2.C7H6BrNO2.2C2H6/c1-13(2,3)19-12(16)14(4)9-10-6-5-7-11(8-10)15(17)18;1-13(2,3)17-12(16)15(4)9-10-6-5-7-11(14)8-10;1-10(2)7-8-4-3-5-9(6-8)11(12)13;1-11(2)7-8-4-3-5-9(10)6-8;8-5-6-2-1-3-7(4-6)9(10)11;2*1-2/h5-8H,9H2,1-4H3;5-8H,9,14H2,1-4H3;3-6H,7H2,1-2H3;3-6H,7,10H2,1-2H3;1-4H,5H2;2*1-2H3. The van der Waals surface area contributed by atoms with E-state index in [2.05, 4.69) is 26.9 Å². The molecule has 0 aliphatic rings. The number of nitrogens with zero attached hydrogens (tertiary/aromatic N) is 7. The van der Waals surface area contributed by atoms with Crippen molar-refractivity contribution >= 4 is 56.6 Å². The number of carbonyl (C=O) groups excluding carboxylic acids is 2. The second-order valence-electron chi connectivity index (χ2n) is 18.6. The van der Waals surface area contributed by atoms with Gasteiger partial charge in [0.1, 0.15) is 11.2 Å². The third-order valence-corrected chi connectivity index (χ3v) is 9.32. The van der Waals surface area contributed by atoms with Gasteiger partial charge in [0, 0.05) is 93.4 Å². The van der Waals surface area contributed by atoms with E-state index in [4.69, 9.17) is 20.9 Å². The van der Waals surface area contributed by atoms with Crippen molar-refractivity contribution in [3.05, 3.63) is 179 Å². The average Bonchev–Trinajstić information content (AvgIpc) is 3.32. The van der Waals surface area contributed by atoms with Crippen LogP contribution in [0.4, 0.5) is 38.0 Å². The van der Waals surface area contributed by atoms with E-state index in [1.165, 1.54) is 39.6 Å². The number of non-ortho nitro benzene ring substituents is 3. The zero-order valence-corrected chi connectivity index (χ0v) is 48.4. The molecule has 5 rings (SSSR count). The number of hydrogen-bond donors (Lipinski definition) is 2. The van der Waals surface area contributed by atoms with Gasteiger partial charge in [0.15, 0.2) is 0 Å². The summed E-state index contributed by atoms with van der Waals surface area (Å²) in [5.74, 6) is 0. The molecule has 19 nitrogen and oxygen atoms in total. The second kappa shape index (κ2) is 36.7. The minimum Gasteiger partial charge on any atom is -0.444 e. The Balaban J connectivity index is 0. The maximum atomic E-state index is 11.8. The van der Waals surface area contributed by atoms with Crippen molar-refractivity contribution in [2.45, 2.75) is 112 Å². The van der Waals surface area contributed by atoms with Crippen molar-refractivity contribution < 1.29 is 33.8 Å². The van der Waals surface area contributed by atoms with Gasteiger partial charge >= 0.3 is 12.2 Å². The predicted molar refractivity (Wildman–Crippen MR) is 307 cm³/mol. The molecule has 0 aromatic heterocycles. The number of nitro benzene ring substituents is 3. The summed E-state index contributed by atoms with van der Waals surface area (Å²) in [6, 6.07) is 34.8. The number of alkyl halides is 1. The number of carbonyl (C=O) groups is 2. The summed E-state index contributed by atoms with van der Waals surface area (Å²) >= 11 is 3.22. The fourth-order valence-corrected chi connectivity index (χ4v) is 6.11. The molecule has 0 atom stereocenters. The van der Waals surface area contributed by atoms with Gasteiger partial charge in [0.2, 0.25) is 0 Å². The summed E-state index contributed by atoms with van der Waals surface area (Å²) in [4.78, 5) is 60.6. The molecule has 414 valence electrons. The van der Waals surface area contributed by atoms with Crippen LogP contribution >= 0.6 is 15.9 Å². The van der Waals surface area contributed by atoms with Crippen molar-refractivity contribution in [2.75, 3.05) is 53.8 Å². The monoisotopic (exact) mass is 1110 g/mol. The molecule has 0 saturated carbocycles. The minimum atomic E-state index is -0.561. The molecule has 0 unspecified atom stereocenters. The van der Waals surface area contributed by atoms with Gasteiger partial charge in [-0.25, -0.2) is 9.59 Å². The van der Waals surface area contributed by atoms with Crippen LogP contribution in [0.25, 0.3) is 0 Å². The van der Waals surface area contributed by atoms with Gasteiger partial charge in [-0.3, -0.25) is 30.3 Å². The Morgan fingerprint density at radius 2 is 0.720 bits per heavy atom. The van der Waals surface area contributed by atoms with Crippen LogP contribution in [-0.4, -0.2) is 100 Å². The Bertz CT molecular complexity index is 2480. The van der Waals surface area contributed by atoms with Crippen molar-refractivity contribution in [2.24, 2.45) is 0 Å². The number of halogens is 1. The number of benzene rings is 5. The molecule has 0 fully saturated rings. The fraction of sp³-hybridized carbons (Fsp3) is 0.418. The average molecular weight is 1110 g/mol. The number of nitro groups is 3. The van der Waals surface area contributed by atoms with Crippen LogP contribution in [0.3, 0.4) is 0 Å². The van der Waals surface area contributed by atoms with Gasteiger partial charge in [-0.15, -0.1) is 0 Å². The summed E-state index contributed by atoms with van der Waals surface area (Å²) in [6.45, 7) is 21.3. The van der Waals surface area contributed by atoms with E-state index >= 15 is 0 Å². The molecule has 5 aromatic rings. The molecule has 0 aliphatic heterocycles. The van der Waals surface area contributed by atoms with Crippen molar-refractivity contribution in [3.8, 4) is 0 Å². The molecular weight excluding hydrogens is 1030 g/mol. The fourth-order valence-electron chi connectivity index (χ4n) is 5.76. The molecule has 4 N–H and O–H groups in total. The van der Waals surface area contributed by atoms with Crippen LogP contribution < -0.4 is 11.5 Å². The zero-order chi connectivity index (χ0) is 58.1. The largest absolute Gasteiger partial charge is 0.444 e. The quantitative estimate of drug-likeness (QED) is 0.0511. The third kappa shape index (κ3) is 34.1. The van der Waals surface area contributed by atoms with E-state index in [1.807, 2.05) is 136 Å². The lowest BCUT2D eigenvalue weighted by Gasteiger charge is -2.24. The normalized spacial score (nSPS) is 10.2. The molecule has 5 aromatic carbocycles. The number of amides is 2. The lowest BCUT2D eigenvalue weighted by molar-refractivity contribution is -0.385. The van der Waals surface area contributed by atoms with E-state index in [9.17, 15) is 39.9 Å². The van der Waals surface area contributed by atoms with Crippen LogP contribution in [0.5, 0.6) is 0 Å². The van der Waals surface area contributed by atoms with E-state index < -0.39 is 27.1 Å². The molecule has 0 bridgehead atoms. The first-order valence-electron chi connectivity index (χ1n) is 24.1. The van der Waals surface area contributed by atoms with Crippen molar-refractivity contribution in [1.29, 1.82) is 0 Å². The Morgan fingerprint density at radius 3 is 0.987 bits per heavy atom. The molecule has 0 spiro atoms. The summed E-state index contributed by atoms with van der Waals surface area (Å²) < 4.78 is 10.5. The van der Waals surface area contributed by atoms with Crippen molar-refractivity contribution in [3.63, 3.8) is 0 Å². The van der Waals surface area contributed by atoms with E-state index in [-0.39, 0.29) is 34.6 Å². The van der Waals surface area contributed by atoms with Crippen LogP contribution in [0.2, 0.25) is 0 Å². The first kappa shape index (κ1) is 69.9. The van der Waals surface area contributed by atoms with Gasteiger partial charge in [-0.2, -0.15) is 0 Å². The zero-order valence-electron chi connectivity index (χ0n) is 46.8. The Labute approximate surface area is 453 Å². The second-order valence-corrected chi connectivity index (χ2v) is 19.1. The highest BCUT2D eigenvalue weighted by Gasteiger charge is 2.21. The molecule has 2 amide bonds.